The minimum atomic E-state index is -0.673. The fourth-order valence-electron chi connectivity index (χ4n) is 3.88. The molecular weight excluding hydrogens is 358 g/mol. The lowest BCUT2D eigenvalue weighted by Crippen LogP contribution is -2.49. The Morgan fingerprint density at radius 1 is 1.07 bits per heavy atom. The van der Waals surface area contributed by atoms with Crippen molar-refractivity contribution in [2.24, 2.45) is 5.92 Å². The van der Waals surface area contributed by atoms with Crippen LogP contribution < -0.4 is 4.90 Å². The Morgan fingerprint density at radius 2 is 1.68 bits per heavy atom. The van der Waals surface area contributed by atoms with Gasteiger partial charge in [-0.2, -0.15) is 0 Å². The Labute approximate surface area is 165 Å². The first-order valence-corrected chi connectivity index (χ1v) is 9.87. The van der Waals surface area contributed by atoms with Crippen molar-refractivity contribution in [1.82, 2.24) is 19.8 Å². The van der Waals surface area contributed by atoms with Gasteiger partial charge in [0.25, 0.3) is 0 Å². The lowest BCUT2D eigenvalue weighted by atomic mass is 9.93. The molecule has 0 unspecified atom stereocenters. The van der Waals surface area contributed by atoms with Crippen molar-refractivity contribution in [3.63, 3.8) is 0 Å². The number of nitrogens with zero attached hydrogens (tertiary/aromatic N) is 5. The van der Waals surface area contributed by atoms with Gasteiger partial charge in [-0.05, 0) is 44.8 Å². The van der Waals surface area contributed by atoms with Crippen molar-refractivity contribution in [2.45, 2.75) is 31.7 Å². The molecule has 28 heavy (non-hydrogen) atoms. The van der Waals surface area contributed by atoms with Gasteiger partial charge in [0, 0.05) is 57.3 Å². The van der Waals surface area contributed by atoms with E-state index in [0.29, 0.717) is 12.0 Å². The number of carbonyl (C=O) groups is 2. The molecule has 0 radical (unpaired) electrons. The molecule has 8 heteroatoms. The van der Waals surface area contributed by atoms with Gasteiger partial charge >= 0.3 is 5.97 Å². The summed E-state index contributed by atoms with van der Waals surface area (Å²) >= 11 is 0. The number of likely N-dealkylation sites (tertiary alicyclic amines) is 2. The smallest absolute Gasteiger partial charge is 0.306 e. The largest absolute Gasteiger partial charge is 0.481 e. The van der Waals surface area contributed by atoms with E-state index in [4.69, 9.17) is 5.11 Å². The molecule has 0 aliphatic carbocycles. The number of rotatable bonds is 5. The predicted molar refractivity (Wildman–Crippen MR) is 107 cm³/mol. The van der Waals surface area contributed by atoms with Crippen LogP contribution in [-0.2, 0) is 9.59 Å². The van der Waals surface area contributed by atoms with Crippen LogP contribution in [0.15, 0.2) is 18.5 Å². The summed E-state index contributed by atoms with van der Waals surface area (Å²) in [6.45, 7) is 3.17. The summed E-state index contributed by atoms with van der Waals surface area (Å²) in [6.07, 6.45) is 10.1. The van der Waals surface area contributed by atoms with Gasteiger partial charge in [-0.15, -0.1) is 0 Å². The maximum absolute atomic E-state index is 12.5. The lowest BCUT2D eigenvalue weighted by Gasteiger charge is -2.41. The Balaban J connectivity index is 1.45. The Bertz CT molecular complexity index is 703. The Hall–Kier alpha value is -2.48. The highest BCUT2D eigenvalue weighted by atomic mass is 16.4. The van der Waals surface area contributed by atoms with Gasteiger partial charge in [-0.1, -0.05) is 0 Å². The van der Waals surface area contributed by atoms with Crippen LogP contribution in [0.25, 0.3) is 6.08 Å². The third kappa shape index (κ3) is 5.07. The number of amides is 1. The number of carbonyl (C=O) groups excluding carboxylic acids is 1. The van der Waals surface area contributed by atoms with E-state index in [-0.39, 0.29) is 11.8 Å². The second kappa shape index (κ2) is 9.14. The summed E-state index contributed by atoms with van der Waals surface area (Å²) in [5, 5.41) is 9.12. The molecule has 1 amide bonds. The summed E-state index contributed by atoms with van der Waals surface area (Å²) < 4.78 is 0. The zero-order valence-electron chi connectivity index (χ0n) is 16.6. The Morgan fingerprint density at radius 3 is 2.21 bits per heavy atom. The van der Waals surface area contributed by atoms with Gasteiger partial charge in [0.15, 0.2) is 0 Å². The first-order chi connectivity index (χ1) is 13.4. The van der Waals surface area contributed by atoms with Crippen molar-refractivity contribution >= 4 is 23.9 Å². The minimum Gasteiger partial charge on any atom is -0.481 e. The molecule has 0 aromatic carbocycles. The molecule has 2 aliphatic heterocycles. The van der Waals surface area contributed by atoms with Crippen molar-refractivity contribution in [3.8, 4) is 0 Å². The number of aliphatic carboxylic acids is 1. The van der Waals surface area contributed by atoms with Crippen molar-refractivity contribution < 1.29 is 14.7 Å². The van der Waals surface area contributed by atoms with E-state index in [1.807, 2.05) is 23.9 Å². The molecule has 2 saturated heterocycles. The first kappa shape index (κ1) is 20.3. The topological polar surface area (TPSA) is 89.9 Å². The van der Waals surface area contributed by atoms with Crippen molar-refractivity contribution in [2.75, 3.05) is 45.2 Å². The number of hydrogen-bond donors (Lipinski definition) is 1. The molecule has 152 valence electrons. The van der Waals surface area contributed by atoms with Crippen LogP contribution in [-0.4, -0.2) is 83.1 Å². The second-order valence-corrected chi connectivity index (χ2v) is 7.75. The predicted octanol–water partition coefficient (Wildman–Crippen LogP) is 1.34. The average molecular weight is 387 g/mol. The Kier molecular flexibility index (Phi) is 6.61. The number of aromatic nitrogens is 2. The molecule has 0 spiro atoms. The highest BCUT2D eigenvalue weighted by Gasteiger charge is 2.31. The molecule has 0 saturated carbocycles. The van der Waals surface area contributed by atoms with Crippen LogP contribution in [0.5, 0.6) is 0 Å². The van der Waals surface area contributed by atoms with Crippen LogP contribution in [0.3, 0.4) is 0 Å². The normalized spacial score (nSPS) is 19.9. The minimum absolute atomic E-state index is 0.0136. The van der Waals surface area contributed by atoms with Crippen LogP contribution in [0.4, 0.5) is 5.95 Å². The molecule has 1 aromatic heterocycles. The van der Waals surface area contributed by atoms with E-state index in [0.717, 1.165) is 57.4 Å². The maximum Gasteiger partial charge on any atom is 0.306 e. The summed E-state index contributed by atoms with van der Waals surface area (Å²) in [5.74, 6) is -0.218. The van der Waals surface area contributed by atoms with E-state index in [2.05, 4.69) is 14.9 Å². The molecule has 1 N–H and O–H groups in total. The van der Waals surface area contributed by atoms with Crippen LogP contribution in [0, 0.1) is 5.92 Å². The highest BCUT2D eigenvalue weighted by molar-refractivity contribution is 5.91. The lowest BCUT2D eigenvalue weighted by molar-refractivity contribution is -0.143. The molecular formula is C20H29N5O3. The zero-order chi connectivity index (χ0) is 20.1. The highest BCUT2D eigenvalue weighted by Crippen LogP contribution is 2.24. The number of piperidine rings is 2. The number of carboxylic acid groups (broad SMARTS) is 1. The van der Waals surface area contributed by atoms with E-state index >= 15 is 0 Å². The van der Waals surface area contributed by atoms with Crippen LogP contribution in [0.2, 0.25) is 0 Å². The number of hydrogen-bond acceptors (Lipinski definition) is 6. The van der Waals surface area contributed by atoms with Gasteiger partial charge in [0.1, 0.15) is 0 Å². The quantitative estimate of drug-likeness (QED) is 0.763. The third-order valence-corrected chi connectivity index (χ3v) is 5.65. The van der Waals surface area contributed by atoms with Crippen molar-refractivity contribution in [1.29, 1.82) is 0 Å². The molecule has 3 rings (SSSR count). The molecule has 2 aliphatic rings. The number of anilines is 1. The molecule has 3 heterocycles. The average Bonchev–Trinajstić information content (AvgIpc) is 2.72. The third-order valence-electron chi connectivity index (χ3n) is 5.65. The van der Waals surface area contributed by atoms with Crippen LogP contribution >= 0.6 is 0 Å². The molecule has 0 bridgehead atoms. The van der Waals surface area contributed by atoms with Gasteiger partial charge in [0.05, 0.1) is 5.92 Å². The van der Waals surface area contributed by atoms with E-state index in [9.17, 15) is 9.59 Å². The van der Waals surface area contributed by atoms with E-state index in [1.54, 1.807) is 24.5 Å². The van der Waals surface area contributed by atoms with Gasteiger partial charge < -0.3 is 19.8 Å². The molecule has 1 aromatic rings. The maximum atomic E-state index is 12.5. The first-order valence-electron chi connectivity index (χ1n) is 9.87. The standard InChI is InChI=1S/C20H29N5O3/c1-23(2)20-21-13-15(14-22-20)3-4-18(26)25-11-7-17(8-12-25)24-9-5-16(6-10-24)19(27)28/h3-4,13-14,16-17H,5-12H2,1-2H3,(H,27,28)/b4-3+. The van der Waals surface area contributed by atoms with E-state index < -0.39 is 5.97 Å². The van der Waals surface area contributed by atoms with Gasteiger partial charge in [-0.3, -0.25) is 9.59 Å². The molecule has 0 atom stereocenters. The second-order valence-electron chi connectivity index (χ2n) is 7.75. The summed E-state index contributed by atoms with van der Waals surface area (Å²) in [7, 11) is 3.76. The number of carboxylic acids is 1. The zero-order valence-corrected chi connectivity index (χ0v) is 16.6. The SMILES string of the molecule is CN(C)c1ncc(/C=C/C(=O)N2CCC(N3CCC(C(=O)O)CC3)CC2)cn1. The van der Waals surface area contributed by atoms with Gasteiger partial charge in [-0.25, -0.2) is 9.97 Å². The molecule has 2 fully saturated rings. The summed E-state index contributed by atoms with van der Waals surface area (Å²) in [6, 6.07) is 0.453. The summed E-state index contributed by atoms with van der Waals surface area (Å²) in [5.41, 5.74) is 0.801. The molecule has 8 nitrogen and oxygen atoms in total. The van der Waals surface area contributed by atoms with Crippen molar-refractivity contribution in [3.05, 3.63) is 24.0 Å². The fourth-order valence-corrected chi connectivity index (χ4v) is 3.88. The monoisotopic (exact) mass is 387 g/mol. The van der Waals surface area contributed by atoms with Gasteiger partial charge in [0.2, 0.25) is 11.9 Å². The van der Waals surface area contributed by atoms with E-state index in [1.165, 1.54) is 0 Å². The van der Waals surface area contributed by atoms with Crippen LogP contribution in [0.1, 0.15) is 31.2 Å². The fraction of sp³-hybridized carbons (Fsp3) is 0.600. The summed E-state index contributed by atoms with van der Waals surface area (Å²) in [4.78, 5) is 38.1.